The van der Waals surface area contributed by atoms with Crippen LogP contribution in [0.4, 0.5) is 0 Å². The Labute approximate surface area is 152 Å². The summed E-state index contributed by atoms with van der Waals surface area (Å²) in [5.74, 6) is 0. The van der Waals surface area contributed by atoms with Gasteiger partial charge < -0.3 is 0 Å². The maximum absolute atomic E-state index is 2.68. The van der Waals surface area contributed by atoms with Crippen molar-refractivity contribution in [2.45, 2.75) is 111 Å². The fourth-order valence-electron chi connectivity index (χ4n) is 3.42. The van der Waals surface area contributed by atoms with E-state index in [0.717, 1.165) is 0 Å². The van der Waals surface area contributed by atoms with E-state index in [1.54, 1.807) is 18.9 Å². The van der Waals surface area contributed by atoms with Crippen LogP contribution < -0.4 is 0 Å². The fraction of sp³-hybridized carbons (Fsp3) is 0.818. The molecule has 0 rings (SSSR count). The number of unbranched alkanes of at least 4 members (excludes halogenated alkanes) is 3. The zero-order valence-electron chi connectivity index (χ0n) is 17.1. The number of hydrogen-bond donors (Lipinski definition) is 0. The molecule has 0 bridgehead atoms. The molecule has 0 atom stereocenters. The van der Waals surface area contributed by atoms with E-state index in [-0.39, 0.29) is 0 Å². The molecule has 0 amide bonds. The van der Waals surface area contributed by atoms with Crippen LogP contribution in [0.5, 0.6) is 0 Å². The SMILES string of the molecule is CCC[CH2][Sn]([CH2]CCC)([CH2]CCC)[14CH2]/C=C(\C)CCC=C(C)C. The molecule has 0 saturated carbocycles. The van der Waals surface area contributed by atoms with E-state index in [4.69, 9.17) is 0 Å². The van der Waals surface area contributed by atoms with Crippen molar-refractivity contribution in [1.82, 2.24) is 0 Å². The Morgan fingerprint density at radius 3 is 1.70 bits per heavy atom. The molecule has 0 fully saturated rings. The van der Waals surface area contributed by atoms with E-state index in [1.807, 2.05) is 0 Å². The molecule has 0 heterocycles. The Morgan fingerprint density at radius 2 is 1.30 bits per heavy atom. The van der Waals surface area contributed by atoms with Gasteiger partial charge in [-0.3, -0.25) is 0 Å². The quantitative estimate of drug-likeness (QED) is 0.192. The van der Waals surface area contributed by atoms with Crippen molar-refractivity contribution in [3.05, 3.63) is 23.3 Å². The van der Waals surface area contributed by atoms with Crippen LogP contribution in [-0.2, 0) is 0 Å². The minimum atomic E-state index is -1.92. The van der Waals surface area contributed by atoms with Crippen LogP contribution in [0.25, 0.3) is 0 Å². The predicted molar refractivity (Wildman–Crippen MR) is 112 cm³/mol. The van der Waals surface area contributed by atoms with Crippen LogP contribution in [0.15, 0.2) is 23.3 Å². The molecule has 0 aliphatic carbocycles. The van der Waals surface area contributed by atoms with Crippen LogP contribution in [0.2, 0.25) is 17.7 Å². The zero-order chi connectivity index (χ0) is 17.6. The summed E-state index contributed by atoms with van der Waals surface area (Å²) in [6, 6.07) is 0. The molecular formula is C22H44Sn. The average Bonchev–Trinajstić information content (AvgIpc) is 2.53. The van der Waals surface area contributed by atoms with Gasteiger partial charge in [0.1, 0.15) is 0 Å². The predicted octanol–water partition coefficient (Wildman–Crippen LogP) is 8.53. The molecule has 0 N–H and O–H groups in total. The van der Waals surface area contributed by atoms with E-state index in [9.17, 15) is 0 Å². The normalized spacial score (nSPS) is 12.5. The summed E-state index contributed by atoms with van der Waals surface area (Å²) in [7, 11) is 0. The van der Waals surface area contributed by atoms with Crippen molar-refractivity contribution >= 4 is 18.4 Å². The summed E-state index contributed by atoms with van der Waals surface area (Å²) in [4.78, 5) is 0. The molecule has 0 aromatic rings. The summed E-state index contributed by atoms with van der Waals surface area (Å²) in [5, 5.41) is 0. The Bertz CT molecular complexity index is 312. The first kappa shape index (κ1) is 23.3. The van der Waals surface area contributed by atoms with Gasteiger partial charge >= 0.3 is 152 Å². The average molecular weight is 429 g/mol. The van der Waals surface area contributed by atoms with Gasteiger partial charge in [-0.05, 0) is 0 Å². The summed E-state index contributed by atoms with van der Waals surface area (Å²) < 4.78 is 6.45. The summed E-state index contributed by atoms with van der Waals surface area (Å²) in [6.07, 6.45) is 16.2. The molecule has 0 aliphatic rings. The first-order chi connectivity index (χ1) is 11.0. The second-order valence-electron chi connectivity index (χ2n) is 7.89. The molecule has 0 spiro atoms. The second kappa shape index (κ2) is 14.6. The summed E-state index contributed by atoms with van der Waals surface area (Å²) in [6.45, 7) is 13.9. The van der Waals surface area contributed by atoms with Gasteiger partial charge in [-0.1, -0.05) is 0 Å². The Balaban J connectivity index is 4.81. The first-order valence-electron chi connectivity index (χ1n) is 10.3. The van der Waals surface area contributed by atoms with Crippen LogP contribution >= 0.6 is 0 Å². The van der Waals surface area contributed by atoms with Crippen molar-refractivity contribution in [2.24, 2.45) is 0 Å². The molecule has 0 aromatic carbocycles. The molecule has 0 aliphatic heterocycles. The molecule has 0 unspecified atom stereocenters. The molecule has 0 aromatic heterocycles. The van der Waals surface area contributed by atoms with E-state index < -0.39 is 18.4 Å². The first-order valence-corrected chi connectivity index (χ1v) is 18.4. The van der Waals surface area contributed by atoms with Crippen molar-refractivity contribution < 1.29 is 0 Å². The van der Waals surface area contributed by atoms with Crippen LogP contribution in [0.3, 0.4) is 0 Å². The molecule has 0 radical (unpaired) electrons. The standard InChI is InChI=1S/C10H17.3C4H9.Sn/c1-5-10(4)8-6-7-9(2)3;3*1-3-4-2;/h5,7H,1,6,8H2,2-4H3;3*1,3-4H2,2H3;/b10-5+;;;;/i1+2;;;;. The molecule has 136 valence electrons. The maximum atomic E-state index is 2.68. The topological polar surface area (TPSA) is 0 Å². The van der Waals surface area contributed by atoms with Gasteiger partial charge in [-0.15, -0.1) is 0 Å². The van der Waals surface area contributed by atoms with Gasteiger partial charge in [0.05, 0.1) is 0 Å². The van der Waals surface area contributed by atoms with E-state index in [1.165, 1.54) is 61.4 Å². The van der Waals surface area contributed by atoms with Gasteiger partial charge in [0.2, 0.25) is 0 Å². The molecule has 0 nitrogen and oxygen atoms in total. The minimum absolute atomic E-state index is 1.23. The Hall–Kier alpha value is 0.279. The van der Waals surface area contributed by atoms with Crippen LogP contribution in [-0.4, -0.2) is 18.4 Å². The van der Waals surface area contributed by atoms with Crippen LogP contribution in [0, 0.1) is 0 Å². The van der Waals surface area contributed by atoms with Crippen molar-refractivity contribution in [3.8, 4) is 0 Å². The number of allylic oxidation sites excluding steroid dienone is 4. The van der Waals surface area contributed by atoms with Crippen LogP contribution in [0.1, 0.15) is 92.9 Å². The number of rotatable bonds is 14. The van der Waals surface area contributed by atoms with Gasteiger partial charge in [0.25, 0.3) is 0 Å². The van der Waals surface area contributed by atoms with Crippen molar-refractivity contribution in [1.29, 1.82) is 0 Å². The summed E-state index contributed by atoms with van der Waals surface area (Å²) in [5.41, 5.74) is 3.10. The van der Waals surface area contributed by atoms with Crippen molar-refractivity contribution in [2.75, 3.05) is 0 Å². The third-order valence-electron chi connectivity index (χ3n) is 5.16. The number of hydrogen-bond acceptors (Lipinski definition) is 0. The Morgan fingerprint density at radius 1 is 0.826 bits per heavy atom. The van der Waals surface area contributed by atoms with Gasteiger partial charge in [0, 0.05) is 0 Å². The van der Waals surface area contributed by atoms with Gasteiger partial charge in [-0.2, -0.15) is 0 Å². The van der Waals surface area contributed by atoms with E-state index in [2.05, 4.69) is 53.7 Å². The summed E-state index contributed by atoms with van der Waals surface area (Å²) >= 11 is -1.92. The molecule has 1 heteroatoms. The monoisotopic (exact) mass is 430 g/mol. The molecule has 23 heavy (non-hydrogen) atoms. The van der Waals surface area contributed by atoms with Gasteiger partial charge in [0.15, 0.2) is 0 Å². The Kier molecular flexibility index (Phi) is 14.8. The third-order valence-corrected chi connectivity index (χ3v) is 20.3. The second-order valence-corrected chi connectivity index (χ2v) is 21.9. The van der Waals surface area contributed by atoms with Gasteiger partial charge in [-0.25, -0.2) is 0 Å². The zero-order valence-corrected chi connectivity index (χ0v) is 20.0. The third kappa shape index (κ3) is 12.3. The van der Waals surface area contributed by atoms with Crippen molar-refractivity contribution in [3.63, 3.8) is 0 Å². The fourth-order valence-corrected chi connectivity index (χ4v) is 19.0. The molecule has 0 saturated heterocycles. The van der Waals surface area contributed by atoms with E-state index in [0.29, 0.717) is 0 Å². The van der Waals surface area contributed by atoms with E-state index >= 15 is 0 Å². The molecular weight excluding hydrogens is 385 g/mol.